The highest BCUT2D eigenvalue weighted by atomic mass is 16.5. The number of esters is 1. The minimum absolute atomic E-state index is 0.0285. The highest BCUT2D eigenvalue weighted by Crippen LogP contribution is 2.05. The van der Waals surface area contributed by atoms with Gasteiger partial charge in [0, 0.05) is 39.6 Å². The first-order chi connectivity index (χ1) is 8.52. The van der Waals surface area contributed by atoms with E-state index in [4.69, 9.17) is 4.74 Å². The topological polar surface area (TPSA) is 70.1 Å². The average Bonchev–Trinajstić information content (AvgIpc) is 2.29. The Labute approximate surface area is 107 Å². The molecule has 0 saturated carbocycles. The summed E-state index contributed by atoms with van der Waals surface area (Å²) in [6.45, 7) is 6.92. The SMILES string of the molecule is CCOC(=O)CC(O)CN1CCN(C(C)=O)CC1. The molecule has 1 heterocycles. The van der Waals surface area contributed by atoms with Crippen LogP contribution in [-0.4, -0.2) is 72.2 Å². The van der Waals surface area contributed by atoms with Gasteiger partial charge in [0.05, 0.1) is 19.1 Å². The smallest absolute Gasteiger partial charge is 0.308 e. The normalized spacial score (nSPS) is 18.5. The lowest BCUT2D eigenvalue weighted by Gasteiger charge is -2.35. The number of hydrogen-bond acceptors (Lipinski definition) is 5. The van der Waals surface area contributed by atoms with Gasteiger partial charge in [0.1, 0.15) is 0 Å². The summed E-state index contributed by atoms with van der Waals surface area (Å²) < 4.78 is 4.78. The van der Waals surface area contributed by atoms with Gasteiger partial charge in [-0.1, -0.05) is 0 Å². The van der Waals surface area contributed by atoms with Crippen LogP contribution in [0.3, 0.4) is 0 Å². The minimum Gasteiger partial charge on any atom is -0.466 e. The van der Waals surface area contributed by atoms with Gasteiger partial charge in [-0.2, -0.15) is 0 Å². The maximum Gasteiger partial charge on any atom is 0.308 e. The maximum absolute atomic E-state index is 11.2. The zero-order valence-corrected chi connectivity index (χ0v) is 11.1. The van der Waals surface area contributed by atoms with Crippen LogP contribution in [0.5, 0.6) is 0 Å². The second kappa shape index (κ2) is 7.33. The number of β-amino-alcohol motifs (C(OH)–C–C–N with tert-alkyl or cyclic N) is 1. The number of aliphatic hydroxyl groups is 1. The van der Waals surface area contributed by atoms with Crippen molar-refractivity contribution in [2.75, 3.05) is 39.3 Å². The van der Waals surface area contributed by atoms with E-state index in [1.165, 1.54) is 0 Å². The molecule has 104 valence electrons. The molecular weight excluding hydrogens is 236 g/mol. The third kappa shape index (κ3) is 5.01. The van der Waals surface area contributed by atoms with Gasteiger partial charge in [-0.15, -0.1) is 0 Å². The van der Waals surface area contributed by atoms with Crippen LogP contribution in [0.25, 0.3) is 0 Å². The zero-order valence-electron chi connectivity index (χ0n) is 11.1. The molecule has 1 aliphatic rings. The number of aliphatic hydroxyl groups excluding tert-OH is 1. The van der Waals surface area contributed by atoms with Crippen molar-refractivity contribution >= 4 is 11.9 Å². The first-order valence-corrected chi connectivity index (χ1v) is 6.34. The van der Waals surface area contributed by atoms with Crippen molar-refractivity contribution < 1.29 is 19.4 Å². The van der Waals surface area contributed by atoms with E-state index in [0.717, 1.165) is 13.1 Å². The Morgan fingerprint density at radius 3 is 2.39 bits per heavy atom. The van der Waals surface area contributed by atoms with Crippen molar-refractivity contribution in [3.63, 3.8) is 0 Å². The summed E-state index contributed by atoms with van der Waals surface area (Å²) in [6, 6.07) is 0. The molecule has 6 nitrogen and oxygen atoms in total. The van der Waals surface area contributed by atoms with Crippen molar-refractivity contribution in [3.8, 4) is 0 Å². The lowest BCUT2D eigenvalue weighted by atomic mass is 10.2. The number of nitrogens with zero attached hydrogens (tertiary/aromatic N) is 2. The predicted octanol–water partition coefficient (Wildman–Crippen LogP) is -0.535. The van der Waals surface area contributed by atoms with E-state index in [1.54, 1.807) is 18.7 Å². The second-order valence-corrected chi connectivity index (χ2v) is 4.47. The lowest BCUT2D eigenvalue weighted by Crippen LogP contribution is -2.50. The third-order valence-electron chi connectivity index (χ3n) is 2.99. The summed E-state index contributed by atoms with van der Waals surface area (Å²) in [4.78, 5) is 26.2. The van der Waals surface area contributed by atoms with Gasteiger partial charge in [-0.3, -0.25) is 14.5 Å². The molecule has 0 aromatic heterocycles. The van der Waals surface area contributed by atoms with E-state index in [2.05, 4.69) is 4.90 Å². The van der Waals surface area contributed by atoms with Gasteiger partial charge in [-0.25, -0.2) is 0 Å². The van der Waals surface area contributed by atoms with Crippen LogP contribution in [-0.2, 0) is 14.3 Å². The minimum atomic E-state index is -0.701. The zero-order chi connectivity index (χ0) is 13.5. The quantitative estimate of drug-likeness (QED) is 0.671. The molecule has 0 radical (unpaired) electrons. The number of rotatable bonds is 5. The standard InChI is InChI=1S/C12H22N2O4/c1-3-18-12(17)8-11(16)9-13-4-6-14(7-5-13)10(2)15/h11,16H,3-9H2,1-2H3. The van der Waals surface area contributed by atoms with E-state index in [1.807, 2.05) is 0 Å². The van der Waals surface area contributed by atoms with Gasteiger partial charge < -0.3 is 14.7 Å². The molecule has 1 atom stereocenters. The Morgan fingerprint density at radius 1 is 1.28 bits per heavy atom. The first kappa shape index (κ1) is 14.9. The van der Waals surface area contributed by atoms with E-state index in [-0.39, 0.29) is 18.3 Å². The van der Waals surface area contributed by atoms with Crippen molar-refractivity contribution in [1.82, 2.24) is 9.80 Å². The molecule has 1 unspecified atom stereocenters. The molecule has 0 aromatic rings. The van der Waals surface area contributed by atoms with Crippen molar-refractivity contribution in [2.45, 2.75) is 26.4 Å². The molecule has 0 spiro atoms. The van der Waals surface area contributed by atoms with Crippen LogP contribution in [0.15, 0.2) is 0 Å². The molecule has 18 heavy (non-hydrogen) atoms. The molecule has 0 aromatic carbocycles. The summed E-state index contributed by atoms with van der Waals surface area (Å²) in [6.07, 6.45) is -0.672. The third-order valence-corrected chi connectivity index (χ3v) is 2.99. The molecule has 1 saturated heterocycles. The maximum atomic E-state index is 11.2. The number of carbonyl (C=O) groups excluding carboxylic acids is 2. The first-order valence-electron chi connectivity index (χ1n) is 6.34. The summed E-state index contributed by atoms with van der Waals surface area (Å²) in [7, 11) is 0. The average molecular weight is 258 g/mol. The molecular formula is C12H22N2O4. The van der Waals surface area contributed by atoms with Gasteiger partial charge >= 0.3 is 5.97 Å². The van der Waals surface area contributed by atoms with Gasteiger partial charge in [0.25, 0.3) is 0 Å². The summed E-state index contributed by atoms with van der Waals surface area (Å²) in [5, 5.41) is 9.75. The fraction of sp³-hybridized carbons (Fsp3) is 0.833. The number of carbonyl (C=O) groups is 2. The summed E-state index contributed by atoms with van der Waals surface area (Å²) in [5.74, 6) is -0.283. The molecule has 6 heteroatoms. The number of ether oxygens (including phenoxy) is 1. The van der Waals surface area contributed by atoms with Crippen molar-refractivity contribution in [2.24, 2.45) is 0 Å². The molecule has 1 fully saturated rings. The van der Waals surface area contributed by atoms with Crippen LogP contribution in [0.2, 0.25) is 0 Å². The number of amides is 1. The highest BCUT2D eigenvalue weighted by molar-refractivity contribution is 5.73. The van der Waals surface area contributed by atoms with Gasteiger partial charge in [0.2, 0.25) is 5.91 Å². The van der Waals surface area contributed by atoms with Crippen LogP contribution >= 0.6 is 0 Å². The van der Waals surface area contributed by atoms with Crippen molar-refractivity contribution in [1.29, 1.82) is 0 Å². The monoisotopic (exact) mass is 258 g/mol. The molecule has 1 aliphatic heterocycles. The molecule has 1 amide bonds. The fourth-order valence-electron chi connectivity index (χ4n) is 2.02. The fourth-order valence-corrected chi connectivity index (χ4v) is 2.02. The van der Waals surface area contributed by atoms with Crippen LogP contribution < -0.4 is 0 Å². The predicted molar refractivity (Wildman–Crippen MR) is 66.0 cm³/mol. The van der Waals surface area contributed by atoms with Gasteiger partial charge in [0.15, 0.2) is 0 Å². The Morgan fingerprint density at radius 2 is 1.89 bits per heavy atom. The van der Waals surface area contributed by atoms with E-state index in [0.29, 0.717) is 26.2 Å². The highest BCUT2D eigenvalue weighted by Gasteiger charge is 2.21. The van der Waals surface area contributed by atoms with Crippen LogP contribution in [0.4, 0.5) is 0 Å². The lowest BCUT2D eigenvalue weighted by molar-refractivity contribution is -0.145. The van der Waals surface area contributed by atoms with Crippen molar-refractivity contribution in [3.05, 3.63) is 0 Å². The van der Waals surface area contributed by atoms with E-state index < -0.39 is 6.10 Å². The molecule has 1 N–H and O–H groups in total. The van der Waals surface area contributed by atoms with Crippen LogP contribution in [0, 0.1) is 0 Å². The Kier molecular flexibility index (Phi) is 6.07. The second-order valence-electron chi connectivity index (χ2n) is 4.47. The summed E-state index contributed by atoms with van der Waals surface area (Å²) in [5.41, 5.74) is 0. The molecule has 1 rings (SSSR count). The van der Waals surface area contributed by atoms with Gasteiger partial charge in [-0.05, 0) is 6.92 Å². The molecule has 0 bridgehead atoms. The number of piperazine rings is 1. The molecule has 0 aliphatic carbocycles. The Hall–Kier alpha value is -1.14. The Balaban J connectivity index is 2.23. The number of hydrogen-bond donors (Lipinski definition) is 1. The largest absolute Gasteiger partial charge is 0.466 e. The Bertz CT molecular complexity index is 288. The summed E-state index contributed by atoms with van der Waals surface area (Å²) >= 11 is 0. The van der Waals surface area contributed by atoms with Crippen LogP contribution in [0.1, 0.15) is 20.3 Å². The van der Waals surface area contributed by atoms with E-state index in [9.17, 15) is 14.7 Å². The van der Waals surface area contributed by atoms with E-state index >= 15 is 0 Å².